The minimum Gasteiger partial charge on any atom is -0.456 e. The second-order valence-electron chi connectivity index (χ2n) is 14.1. The highest BCUT2D eigenvalue weighted by Crippen LogP contribution is 2.45. The van der Waals surface area contributed by atoms with Crippen LogP contribution in [0.3, 0.4) is 0 Å². The zero-order chi connectivity index (χ0) is 35.3. The van der Waals surface area contributed by atoms with Crippen LogP contribution in [0, 0.1) is 0 Å². The Morgan fingerprint density at radius 2 is 0.944 bits per heavy atom. The molecule has 0 atom stereocenters. The van der Waals surface area contributed by atoms with Crippen molar-refractivity contribution >= 4 is 124 Å². The van der Waals surface area contributed by atoms with Crippen molar-refractivity contribution in [2.45, 2.75) is 0 Å². The number of furan rings is 1. The van der Waals surface area contributed by atoms with Gasteiger partial charge >= 0.3 is 0 Å². The maximum absolute atomic E-state index is 6.20. The Morgan fingerprint density at radius 1 is 0.352 bits per heavy atom. The Kier molecular flexibility index (Phi) is 6.41. The highest BCUT2D eigenvalue weighted by molar-refractivity contribution is 7.26. The number of anilines is 3. The Balaban J connectivity index is 1.03. The van der Waals surface area contributed by atoms with E-state index in [0.29, 0.717) is 0 Å². The van der Waals surface area contributed by atoms with Gasteiger partial charge in [0.1, 0.15) is 11.2 Å². The third-order valence-corrected chi connectivity index (χ3v) is 13.3. The Morgan fingerprint density at radius 3 is 1.69 bits per heavy atom. The summed E-state index contributed by atoms with van der Waals surface area (Å²) >= 11 is 3.72. The molecule has 0 bridgehead atoms. The molecule has 0 N–H and O–H groups in total. The van der Waals surface area contributed by atoms with Gasteiger partial charge in [0.05, 0.1) is 0 Å². The van der Waals surface area contributed by atoms with Gasteiger partial charge in [-0.2, -0.15) is 0 Å². The third-order valence-electron chi connectivity index (χ3n) is 11.0. The summed E-state index contributed by atoms with van der Waals surface area (Å²) in [6.07, 6.45) is 0. The van der Waals surface area contributed by atoms with E-state index in [9.17, 15) is 0 Å². The molecule has 0 amide bonds. The lowest BCUT2D eigenvalue weighted by Gasteiger charge is -2.26. The molecule has 0 fully saturated rings. The first-order chi connectivity index (χ1) is 26.7. The third kappa shape index (κ3) is 4.51. The normalized spacial score (nSPS) is 12.1. The molecule has 54 heavy (non-hydrogen) atoms. The van der Waals surface area contributed by atoms with Gasteiger partial charge in [-0.1, -0.05) is 97.1 Å². The van der Waals surface area contributed by atoms with Gasteiger partial charge in [0.25, 0.3) is 0 Å². The molecule has 4 heteroatoms. The fraction of sp³-hybridized carbons (Fsp3) is 0. The Bertz CT molecular complexity index is 3360. The van der Waals surface area contributed by atoms with Crippen LogP contribution < -0.4 is 4.90 Å². The van der Waals surface area contributed by atoms with Crippen LogP contribution in [-0.2, 0) is 0 Å². The van der Waals surface area contributed by atoms with Crippen LogP contribution in [0.5, 0.6) is 0 Å². The second-order valence-corrected chi connectivity index (χ2v) is 16.2. The smallest absolute Gasteiger partial charge is 0.136 e. The number of para-hydroxylation sites is 1. The van der Waals surface area contributed by atoms with Gasteiger partial charge in [0.2, 0.25) is 0 Å². The number of hydrogen-bond acceptors (Lipinski definition) is 4. The predicted octanol–water partition coefficient (Wildman–Crippen LogP) is 15.8. The molecule has 0 saturated heterocycles. The summed E-state index contributed by atoms with van der Waals surface area (Å²) in [6.45, 7) is 0. The molecular formula is C50H29NOS2. The number of thiophene rings is 2. The largest absolute Gasteiger partial charge is 0.456 e. The number of fused-ring (bicyclic) bond motifs is 12. The SMILES string of the molecule is c1cc(-c2ccc3c(ccc4oc5ccccc5c43)c2)c2ccc(N(c3ccc4sc5ccccc5c4c3)c3ccc4sc5ccccc5c4c3)cc2c1. The highest BCUT2D eigenvalue weighted by Gasteiger charge is 2.18. The highest BCUT2D eigenvalue weighted by atomic mass is 32.1. The van der Waals surface area contributed by atoms with E-state index in [-0.39, 0.29) is 0 Å². The van der Waals surface area contributed by atoms with E-state index in [0.717, 1.165) is 33.6 Å². The maximum atomic E-state index is 6.20. The van der Waals surface area contributed by atoms with E-state index >= 15 is 0 Å². The van der Waals surface area contributed by atoms with Gasteiger partial charge in [-0.3, -0.25) is 0 Å². The van der Waals surface area contributed by atoms with Crippen LogP contribution in [-0.4, -0.2) is 0 Å². The first kappa shape index (κ1) is 30.0. The number of nitrogens with zero attached hydrogens (tertiary/aromatic N) is 1. The van der Waals surface area contributed by atoms with E-state index in [1.165, 1.54) is 78.4 Å². The van der Waals surface area contributed by atoms with Crippen LogP contribution in [0.15, 0.2) is 180 Å². The molecule has 2 nitrogen and oxygen atoms in total. The van der Waals surface area contributed by atoms with Crippen molar-refractivity contribution in [3.8, 4) is 11.1 Å². The molecule has 0 aliphatic carbocycles. The summed E-state index contributed by atoms with van der Waals surface area (Å²) in [7, 11) is 0. The second kappa shape index (κ2) is 11.5. The van der Waals surface area contributed by atoms with Crippen LogP contribution in [0.1, 0.15) is 0 Å². The molecule has 12 aromatic rings. The van der Waals surface area contributed by atoms with E-state index in [4.69, 9.17) is 4.42 Å². The summed E-state index contributed by atoms with van der Waals surface area (Å²) in [5.41, 5.74) is 7.70. The average molecular weight is 724 g/mol. The minimum absolute atomic E-state index is 0.926. The van der Waals surface area contributed by atoms with Gasteiger partial charge < -0.3 is 9.32 Å². The molecule has 3 aromatic heterocycles. The monoisotopic (exact) mass is 723 g/mol. The van der Waals surface area contributed by atoms with Crippen LogP contribution >= 0.6 is 22.7 Å². The standard InChI is InChI=1S/C50H29NOS2/c1-4-13-44-41(11-1)50-38-21-16-31(26-32(38)17-23-45(50)52-44)36-12-7-8-30-27-33(18-22-37(30)36)51(34-19-24-48-42(28-34)39-9-2-5-14-46(39)53-48)35-20-25-49-43(29-35)40-10-3-6-15-47(40)54-49/h1-29H. The molecule has 0 saturated carbocycles. The summed E-state index contributed by atoms with van der Waals surface area (Å²) in [5, 5.41) is 12.4. The average Bonchev–Trinajstić information content (AvgIpc) is 3.91. The number of hydrogen-bond donors (Lipinski definition) is 0. The quantitative estimate of drug-likeness (QED) is 0.180. The van der Waals surface area contributed by atoms with Crippen molar-refractivity contribution in [1.82, 2.24) is 0 Å². The Labute approximate surface area is 318 Å². The van der Waals surface area contributed by atoms with Crippen LogP contribution in [0.25, 0.3) is 95.0 Å². The van der Waals surface area contributed by atoms with Gasteiger partial charge in [-0.25, -0.2) is 0 Å². The molecular weight excluding hydrogens is 695 g/mol. The maximum Gasteiger partial charge on any atom is 0.136 e. The lowest BCUT2D eigenvalue weighted by Crippen LogP contribution is -2.09. The van der Waals surface area contributed by atoms with Crippen molar-refractivity contribution in [1.29, 1.82) is 0 Å². The molecule has 252 valence electrons. The predicted molar refractivity (Wildman–Crippen MR) is 235 cm³/mol. The first-order valence-electron chi connectivity index (χ1n) is 18.2. The Hall–Kier alpha value is -6.46. The van der Waals surface area contributed by atoms with Gasteiger partial charge in [-0.15, -0.1) is 22.7 Å². The van der Waals surface area contributed by atoms with Gasteiger partial charge in [0.15, 0.2) is 0 Å². The van der Waals surface area contributed by atoms with E-state index in [1.54, 1.807) is 0 Å². The zero-order valence-corrected chi connectivity index (χ0v) is 30.5. The fourth-order valence-corrected chi connectivity index (χ4v) is 10.7. The summed E-state index contributed by atoms with van der Waals surface area (Å²) < 4.78 is 11.4. The zero-order valence-electron chi connectivity index (χ0n) is 28.9. The molecule has 0 aliphatic heterocycles. The lowest BCUT2D eigenvalue weighted by molar-refractivity contribution is 0.669. The van der Waals surface area contributed by atoms with E-state index in [2.05, 4.69) is 169 Å². The summed E-state index contributed by atoms with van der Waals surface area (Å²) in [5.74, 6) is 0. The van der Waals surface area contributed by atoms with Gasteiger partial charge in [-0.05, 0) is 112 Å². The van der Waals surface area contributed by atoms with E-state index < -0.39 is 0 Å². The van der Waals surface area contributed by atoms with E-state index in [1.807, 2.05) is 34.8 Å². The minimum atomic E-state index is 0.926. The van der Waals surface area contributed by atoms with Crippen molar-refractivity contribution in [2.75, 3.05) is 4.90 Å². The molecule has 9 aromatic carbocycles. The molecule has 3 heterocycles. The van der Waals surface area contributed by atoms with Crippen LogP contribution in [0.4, 0.5) is 17.1 Å². The topological polar surface area (TPSA) is 16.4 Å². The van der Waals surface area contributed by atoms with Gasteiger partial charge in [0, 0.05) is 68.2 Å². The van der Waals surface area contributed by atoms with Crippen molar-refractivity contribution < 1.29 is 4.42 Å². The molecule has 0 unspecified atom stereocenters. The number of benzene rings is 9. The summed E-state index contributed by atoms with van der Waals surface area (Å²) in [6, 6.07) is 64.5. The lowest BCUT2D eigenvalue weighted by atomic mass is 9.94. The van der Waals surface area contributed by atoms with Crippen molar-refractivity contribution in [3.05, 3.63) is 176 Å². The molecule has 12 rings (SSSR count). The molecule has 0 aliphatic rings. The molecule has 0 spiro atoms. The fourth-order valence-electron chi connectivity index (χ4n) is 8.54. The van der Waals surface area contributed by atoms with Crippen LogP contribution in [0.2, 0.25) is 0 Å². The first-order valence-corrected chi connectivity index (χ1v) is 19.9. The number of rotatable bonds is 4. The van der Waals surface area contributed by atoms with Crippen molar-refractivity contribution in [3.63, 3.8) is 0 Å². The van der Waals surface area contributed by atoms with Crippen molar-refractivity contribution in [2.24, 2.45) is 0 Å². The molecule has 0 radical (unpaired) electrons. The summed E-state index contributed by atoms with van der Waals surface area (Å²) in [4.78, 5) is 2.43.